The highest BCUT2D eigenvalue weighted by Gasteiger charge is 2.29. The standard InChI is InChI=1S/C21H23N5O3S/c27-21(24-18-10-8-17(9-11-18)14-25-16-22-15-23-25)19-6-2-3-7-20(19)30(28,29)26-12-4-1-5-13-26/h2-3,6-11,15-16H,1,4-5,12-14H2,(H,24,27). The van der Waals surface area contributed by atoms with Crippen molar-refractivity contribution < 1.29 is 13.2 Å². The first-order valence-corrected chi connectivity index (χ1v) is 11.3. The third kappa shape index (κ3) is 4.42. The van der Waals surface area contributed by atoms with E-state index in [0.29, 0.717) is 25.3 Å². The van der Waals surface area contributed by atoms with Gasteiger partial charge in [0.15, 0.2) is 0 Å². The summed E-state index contributed by atoms with van der Waals surface area (Å²) in [6.07, 6.45) is 5.82. The summed E-state index contributed by atoms with van der Waals surface area (Å²) in [5.41, 5.74) is 1.74. The van der Waals surface area contributed by atoms with Crippen LogP contribution in [0.1, 0.15) is 35.2 Å². The summed E-state index contributed by atoms with van der Waals surface area (Å²) in [4.78, 5) is 16.9. The van der Waals surface area contributed by atoms with Crippen LogP contribution in [0.15, 0.2) is 66.1 Å². The Kier molecular flexibility index (Phi) is 5.91. The predicted molar refractivity (Wildman–Crippen MR) is 113 cm³/mol. The fraction of sp³-hybridized carbons (Fsp3) is 0.286. The molecule has 4 rings (SSSR count). The number of carbonyl (C=O) groups is 1. The van der Waals surface area contributed by atoms with Crippen molar-refractivity contribution in [2.24, 2.45) is 0 Å². The van der Waals surface area contributed by atoms with Crippen LogP contribution in [0.25, 0.3) is 0 Å². The van der Waals surface area contributed by atoms with Crippen molar-refractivity contribution in [3.05, 3.63) is 72.3 Å². The van der Waals surface area contributed by atoms with Crippen LogP contribution in [0, 0.1) is 0 Å². The molecule has 1 N–H and O–H groups in total. The van der Waals surface area contributed by atoms with Gasteiger partial charge in [-0.2, -0.15) is 9.40 Å². The minimum atomic E-state index is -3.71. The number of amides is 1. The van der Waals surface area contributed by atoms with E-state index < -0.39 is 15.9 Å². The van der Waals surface area contributed by atoms with E-state index in [0.717, 1.165) is 24.8 Å². The summed E-state index contributed by atoms with van der Waals surface area (Å²) in [5.74, 6) is -0.449. The van der Waals surface area contributed by atoms with Crippen LogP contribution in [-0.2, 0) is 16.6 Å². The zero-order valence-corrected chi connectivity index (χ0v) is 17.3. The third-order valence-electron chi connectivity index (χ3n) is 5.09. The summed E-state index contributed by atoms with van der Waals surface area (Å²) in [7, 11) is -3.71. The lowest BCUT2D eigenvalue weighted by atomic mass is 10.2. The molecule has 0 atom stereocenters. The molecule has 0 radical (unpaired) electrons. The van der Waals surface area contributed by atoms with Crippen LogP contribution >= 0.6 is 0 Å². The Morgan fingerprint density at radius 1 is 1.00 bits per heavy atom. The largest absolute Gasteiger partial charge is 0.322 e. The molecule has 0 spiro atoms. The molecule has 156 valence electrons. The number of nitrogens with zero attached hydrogens (tertiary/aromatic N) is 4. The van der Waals surface area contributed by atoms with Crippen LogP contribution in [0.3, 0.4) is 0 Å². The second-order valence-electron chi connectivity index (χ2n) is 7.21. The van der Waals surface area contributed by atoms with E-state index >= 15 is 0 Å². The third-order valence-corrected chi connectivity index (χ3v) is 7.04. The van der Waals surface area contributed by atoms with Gasteiger partial charge in [-0.05, 0) is 42.7 Å². The Hall–Kier alpha value is -3.04. The monoisotopic (exact) mass is 425 g/mol. The zero-order chi connectivity index (χ0) is 21.0. The second-order valence-corrected chi connectivity index (χ2v) is 9.11. The summed E-state index contributed by atoms with van der Waals surface area (Å²) < 4.78 is 29.4. The van der Waals surface area contributed by atoms with Crippen molar-refractivity contribution >= 4 is 21.6 Å². The topological polar surface area (TPSA) is 97.2 Å². The molecule has 1 amide bonds. The Labute approximate surface area is 175 Å². The van der Waals surface area contributed by atoms with Crippen LogP contribution in [-0.4, -0.2) is 46.5 Å². The first-order valence-electron chi connectivity index (χ1n) is 9.86. The van der Waals surface area contributed by atoms with Crippen molar-refractivity contribution in [1.29, 1.82) is 0 Å². The van der Waals surface area contributed by atoms with Gasteiger partial charge in [0, 0.05) is 18.8 Å². The number of benzene rings is 2. The maximum atomic E-state index is 13.1. The van der Waals surface area contributed by atoms with Crippen molar-refractivity contribution in [3.8, 4) is 0 Å². The molecule has 1 aromatic heterocycles. The summed E-state index contributed by atoms with van der Waals surface area (Å²) >= 11 is 0. The van der Waals surface area contributed by atoms with E-state index in [1.54, 1.807) is 41.3 Å². The van der Waals surface area contributed by atoms with Crippen molar-refractivity contribution in [3.63, 3.8) is 0 Å². The van der Waals surface area contributed by atoms with Gasteiger partial charge in [0.1, 0.15) is 12.7 Å². The van der Waals surface area contributed by atoms with Crippen LogP contribution in [0.5, 0.6) is 0 Å². The fourth-order valence-corrected chi connectivity index (χ4v) is 5.22. The molecule has 2 heterocycles. The van der Waals surface area contributed by atoms with Gasteiger partial charge >= 0.3 is 0 Å². The van der Waals surface area contributed by atoms with Crippen molar-refractivity contribution in [1.82, 2.24) is 19.1 Å². The number of sulfonamides is 1. The molecule has 0 unspecified atom stereocenters. The molecule has 1 aliphatic heterocycles. The van der Waals surface area contributed by atoms with Gasteiger partial charge in [-0.3, -0.25) is 4.79 Å². The molecule has 9 heteroatoms. The average Bonchev–Trinajstić information content (AvgIpc) is 3.29. The number of rotatable bonds is 6. The molecule has 0 bridgehead atoms. The quantitative estimate of drug-likeness (QED) is 0.655. The number of hydrogen-bond acceptors (Lipinski definition) is 5. The van der Waals surface area contributed by atoms with Gasteiger partial charge in [-0.25, -0.2) is 18.1 Å². The number of carbonyl (C=O) groups excluding carboxylic acids is 1. The highest BCUT2D eigenvalue weighted by molar-refractivity contribution is 7.89. The number of hydrogen-bond donors (Lipinski definition) is 1. The average molecular weight is 426 g/mol. The molecular formula is C21H23N5O3S. The molecule has 8 nitrogen and oxygen atoms in total. The van der Waals surface area contributed by atoms with E-state index in [-0.39, 0.29) is 10.5 Å². The van der Waals surface area contributed by atoms with Crippen LogP contribution in [0.4, 0.5) is 5.69 Å². The second kappa shape index (κ2) is 8.76. The van der Waals surface area contributed by atoms with E-state index in [2.05, 4.69) is 15.4 Å². The number of piperidine rings is 1. The van der Waals surface area contributed by atoms with Crippen LogP contribution < -0.4 is 5.32 Å². The van der Waals surface area contributed by atoms with Gasteiger partial charge in [-0.1, -0.05) is 30.7 Å². The molecule has 1 aliphatic rings. The van der Waals surface area contributed by atoms with Gasteiger partial charge in [0.2, 0.25) is 10.0 Å². The first-order chi connectivity index (χ1) is 14.5. The fourth-order valence-electron chi connectivity index (χ4n) is 3.52. The Morgan fingerprint density at radius 3 is 2.43 bits per heavy atom. The van der Waals surface area contributed by atoms with E-state index in [4.69, 9.17) is 0 Å². The van der Waals surface area contributed by atoms with E-state index in [1.165, 1.54) is 16.7 Å². The van der Waals surface area contributed by atoms with Gasteiger partial charge < -0.3 is 5.32 Å². The molecule has 0 saturated carbocycles. The lowest BCUT2D eigenvalue weighted by Crippen LogP contribution is -2.36. The molecule has 30 heavy (non-hydrogen) atoms. The van der Waals surface area contributed by atoms with Crippen molar-refractivity contribution in [2.75, 3.05) is 18.4 Å². The van der Waals surface area contributed by atoms with E-state index in [9.17, 15) is 13.2 Å². The summed E-state index contributed by atoms with van der Waals surface area (Å²) in [6, 6.07) is 13.7. The molecule has 3 aromatic rings. The minimum Gasteiger partial charge on any atom is -0.322 e. The molecular weight excluding hydrogens is 402 g/mol. The SMILES string of the molecule is O=C(Nc1ccc(Cn2cncn2)cc1)c1ccccc1S(=O)(=O)N1CCCCC1. The van der Waals surface area contributed by atoms with Gasteiger partial charge in [0.05, 0.1) is 17.0 Å². The Bertz CT molecular complexity index is 1110. The van der Waals surface area contributed by atoms with Gasteiger partial charge in [0.25, 0.3) is 5.91 Å². The number of anilines is 1. The highest BCUT2D eigenvalue weighted by atomic mass is 32.2. The lowest BCUT2D eigenvalue weighted by molar-refractivity contribution is 0.102. The molecule has 1 saturated heterocycles. The smallest absolute Gasteiger partial charge is 0.257 e. The summed E-state index contributed by atoms with van der Waals surface area (Å²) in [5, 5.41) is 6.87. The molecule has 2 aromatic carbocycles. The van der Waals surface area contributed by atoms with Crippen molar-refractivity contribution in [2.45, 2.75) is 30.7 Å². The van der Waals surface area contributed by atoms with E-state index in [1.807, 2.05) is 12.1 Å². The molecule has 0 aliphatic carbocycles. The Balaban J connectivity index is 1.51. The Morgan fingerprint density at radius 2 is 1.73 bits per heavy atom. The predicted octanol–water partition coefficient (Wildman–Crippen LogP) is 2.75. The number of aromatic nitrogens is 3. The molecule has 1 fully saturated rings. The number of nitrogens with one attached hydrogen (secondary N) is 1. The maximum absolute atomic E-state index is 13.1. The maximum Gasteiger partial charge on any atom is 0.257 e. The van der Waals surface area contributed by atoms with Gasteiger partial charge in [-0.15, -0.1) is 0 Å². The first kappa shape index (κ1) is 20.2. The zero-order valence-electron chi connectivity index (χ0n) is 16.4. The van der Waals surface area contributed by atoms with Crippen LogP contribution in [0.2, 0.25) is 0 Å². The lowest BCUT2D eigenvalue weighted by Gasteiger charge is -2.26. The highest BCUT2D eigenvalue weighted by Crippen LogP contribution is 2.24. The minimum absolute atomic E-state index is 0.0483. The summed E-state index contributed by atoms with van der Waals surface area (Å²) in [6.45, 7) is 1.56. The normalized spacial score (nSPS) is 15.1.